The van der Waals surface area contributed by atoms with E-state index < -0.39 is 16.3 Å². The normalized spacial score (nSPS) is 12.0. The van der Waals surface area contributed by atoms with Gasteiger partial charge in [-0.2, -0.15) is 4.79 Å². The van der Waals surface area contributed by atoms with Gasteiger partial charge in [0.25, 0.3) is 0 Å². The smallest absolute Gasteiger partial charge is 0.294 e. The highest BCUT2D eigenvalue weighted by Gasteiger charge is 2.22. The summed E-state index contributed by atoms with van der Waals surface area (Å²) >= 11 is -2.67. The molecular weight excluding hydrogens is 120 g/mol. The Bertz CT molecular complexity index is 146. The van der Waals surface area contributed by atoms with Gasteiger partial charge in [-0.25, -0.2) is 4.21 Å². The Morgan fingerprint density at radius 3 is 2.29 bits per heavy atom. The molecule has 1 unspecified atom stereocenters. The van der Waals surface area contributed by atoms with E-state index in [9.17, 15) is 9.00 Å². The van der Waals surface area contributed by atoms with Crippen LogP contribution in [0.5, 0.6) is 0 Å². The van der Waals surface area contributed by atoms with E-state index in [-0.39, 0.29) is 0 Å². The lowest BCUT2D eigenvalue weighted by molar-refractivity contribution is 0.269. The molecule has 0 aliphatic heterocycles. The van der Waals surface area contributed by atoms with Crippen molar-refractivity contribution in [3.8, 4) is 0 Å². The monoisotopic (exact) mass is 121 g/mol. The zero-order chi connectivity index (χ0) is 5.86. The molecule has 0 radical (unpaired) electrons. The van der Waals surface area contributed by atoms with Crippen LogP contribution in [0.4, 0.5) is 4.79 Å². The molecule has 0 fully saturated rings. The summed E-state index contributed by atoms with van der Waals surface area (Å²) in [5, 5.41) is 5.98. The minimum absolute atomic E-state index is 1.44. The van der Waals surface area contributed by atoms with Crippen molar-refractivity contribution < 1.29 is 13.6 Å². The molecule has 0 saturated heterocycles. The van der Waals surface area contributed by atoms with Gasteiger partial charge in [0.15, 0.2) is 0 Å². The van der Waals surface area contributed by atoms with Crippen molar-refractivity contribution in [1.82, 2.24) is 0 Å². The van der Waals surface area contributed by atoms with Crippen molar-refractivity contribution >= 4 is 16.3 Å². The Kier molecular flexibility index (Phi) is 2.11. The molecule has 0 spiro atoms. The van der Waals surface area contributed by atoms with Gasteiger partial charge in [-0.1, -0.05) is 0 Å². The molecule has 38 valence electrons. The lowest BCUT2D eigenvalue weighted by Crippen LogP contribution is -1.94. The van der Waals surface area contributed by atoms with Crippen molar-refractivity contribution in [1.29, 1.82) is 5.39 Å². The molecule has 0 saturated carbocycles. The maximum Gasteiger partial charge on any atom is 0.679 e. The number of carbonyl (C=O) groups excluding carboxylic acids is 1. The first-order chi connectivity index (χ1) is 3.18. The Hall–Kier alpha value is -0.800. The minimum atomic E-state index is -2.67. The second-order valence-electron chi connectivity index (χ2n) is 0.615. The van der Waals surface area contributed by atoms with Crippen molar-refractivity contribution in [2.75, 3.05) is 0 Å². The summed E-state index contributed by atoms with van der Waals surface area (Å²) in [7, 11) is 0. The van der Waals surface area contributed by atoms with E-state index >= 15 is 0 Å². The highest BCUT2D eigenvalue weighted by atomic mass is 32.2. The molecule has 1 N–H and O–H groups in total. The molecule has 6 heteroatoms. The van der Waals surface area contributed by atoms with Crippen LogP contribution in [0, 0.1) is 5.39 Å². The minimum Gasteiger partial charge on any atom is -0.294 e. The van der Waals surface area contributed by atoms with Gasteiger partial charge in [-0.3, -0.25) is 4.55 Å². The van der Waals surface area contributed by atoms with Crippen LogP contribution in [-0.4, -0.2) is 14.0 Å². The van der Waals surface area contributed by atoms with Crippen LogP contribution < -0.4 is 0 Å². The fourth-order valence-electron chi connectivity index (χ4n) is 0.0349. The Labute approximate surface area is 41.2 Å². The Morgan fingerprint density at radius 1 is 1.86 bits per heavy atom. The van der Waals surface area contributed by atoms with Crippen LogP contribution >= 0.6 is 0 Å². The summed E-state index contributed by atoms with van der Waals surface area (Å²) < 4.78 is 17.1. The Balaban J connectivity index is 3.90. The van der Waals surface area contributed by atoms with Crippen molar-refractivity contribution in [3.63, 3.8) is 0 Å². The summed E-state index contributed by atoms with van der Waals surface area (Å²) in [4.78, 5) is 11.4. The molecule has 1 atom stereocenters. The highest BCUT2D eigenvalue weighted by Crippen LogP contribution is 1.79. The van der Waals surface area contributed by atoms with Crippen LogP contribution in [0.2, 0.25) is 0 Å². The van der Waals surface area contributed by atoms with Gasteiger partial charge in [0.2, 0.25) is 10.4 Å². The summed E-state index contributed by atoms with van der Waals surface area (Å²) in [5.74, 6) is 0. The number of rotatable bonds is 0. The fraction of sp³-hybridized carbons (Fsp3) is 0. The first-order valence-electron chi connectivity index (χ1n) is 1.18. The average molecular weight is 121 g/mol. The maximum atomic E-state index is 9.54. The molecule has 0 aromatic rings. The van der Waals surface area contributed by atoms with Crippen LogP contribution in [-0.2, 0) is 11.1 Å². The van der Waals surface area contributed by atoms with Gasteiger partial charge in [0, 0.05) is 0 Å². The number of amides is 1. The predicted octanol–water partition coefficient (Wildman–Crippen LogP) is 0.181. The number of hydrogen-bond donors (Lipinski definition) is 1. The average Bonchev–Trinajstić information content (AvgIpc) is 1.65. The van der Waals surface area contributed by atoms with Gasteiger partial charge >= 0.3 is 16.3 Å². The van der Waals surface area contributed by atoms with E-state index in [0.29, 0.717) is 0 Å². The second-order valence-corrected chi connectivity index (χ2v) is 1.46. The molecule has 7 heavy (non-hydrogen) atoms. The van der Waals surface area contributed by atoms with Gasteiger partial charge in [-0.15, -0.1) is 0 Å². The van der Waals surface area contributed by atoms with E-state index in [2.05, 4.69) is 0 Å². The zero-order valence-electron chi connectivity index (χ0n) is 3.07. The molecule has 5 nitrogen and oxygen atoms in total. The molecular formula is CHN2O3S+. The third kappa shape index (κ3) is 1.97. The van der Waals surface area contributed by atoms with Gasteiger partial charge in [0.1, 0.15) is 0 Å². The highest BCUT2D eigenvalue weighted by molar-refractivity contribution is 7.95. The van der Waals surface area contributed by atoms with Crippen LogP contribution in [0.25, 0.3) is 4.98 Å². The summed E-state index contributed by atoms with van der Waals surface area (Å²) in [6.07, 6.45) is 0. The van der Waals surface area contributed by atoms with Gasteiger partial charge in [-0.05, 0) is 0 Å². The first kappa shape index (κ1) is 6.20. The molecule has 0 rings (SSSR count). The van der Waals surface area contributed by atoms with E-state index in [1.165, 1.54) is 0 Å². The molecule has 0 aliphatic carbocycles. The van der Waals surface area contributed by atoms with E-state index in [4.69, 9.17) is 9.95 Å². The number of carbonyl (C=O) groups is 1. The predicted molar refractivity (Wildman–Crippen MR) is 21.3 cm³/mol. The van der Waals surface area contributed by atoms with Crippen LogP contribution in [0.1, 0.15) is 0 Å². The third-order valence-corrected chi connectivity index (χ3v) is 0.611. The molecule has 0 aliphatic rings. The third-order valence-electron chi connectivity index (χ3n) is 0.231. The van der Waals surface area contributed by atoms with Crippen molar-refractivity contribution in [3.05, 3.63) is 4.98 Å². The quantitative estimate of drug-likeness (QED) is 0.366. The number of diazo groups is 1. The first-order valence-corrected chi connectivity index (χ1v) is 2.29. The van der Waals surface area contributed by atoms with Gasteiger partial charge in [0.05, 0.1) is 0 Å². The van der Waals surface area contributed by atoms with Crippen LogP contribution in [0.3, 0.4) is 0 Å². The molecule has 1 amide bonds. The SMILES string of the molecule is N#[N+]C(=O)S(=O)O. The van der Waals surface area contributed by atoms with Gasteiger partial charge < -0.3 is 0 Å². The van der Waals surface area contributed by atoms with Crippen LogP contribution in [0.15, 0.2) is 0 Å². The number of hydrogen-bond acceptors (Lipinski definition) is 3. The van der Waals surface area contributed by atoms with E-state index in [0.717, 1.165) is 0 Å². The zero-order valence-corrected chi connectivity index (χ0v) is 3.88. The second kappa shape index (κ2) is 2.39. The maximum absolute atomic E-state index is 9.54. The van der Waals surface area contributed by atoms with E-state index in [1.54, 1.807) is 0 Å². The summed E-state index contributed by atoms with van der Waals surface area (Å²) in [5.41, 5.74) is 0. The van der Waals surface area contributed by atoms with Crippen molar-refractivity contribution in [2.45, 2.75) is 0 Å². The molecule has 0 heterocycles. The topological polar surface area (TPSA) is 82.5 Å². The Morgan fingerprint density at radius 2 is 2.29 bits per heavy atom. The fourth-order valence-corrected chi connectivity index (χ4v) is 0.105. The summed E-state index contributed by atoms with van der Waals surface area (Å²) in [6, 6.07) is 0. The molecule has 0 bridgehead atoms. The lowest BCUT2D eigenvalue weighted by atomic mass is 11.4. The largest absolute Gasteiger partial charge is 0.679 e. The summed E-state index contributed by atoms with van der Waals surface area (Å²) in [6.45, 7) is 0. The standard InChI is InChI=1S/CN2O3S/c2-3-1(4)7(5)6/p+1. The van der Waals surface area contributed by atoms with E-state index in [1.807, 2.05) is 4.98 Å². The molecule has 0 aromatic carbocycles. The lowest BCUT2D eigenvalue weighted by Gasteiger charge is -1.59. The number of nitrogens with zero attached hydrogens (tertiary/aromatic N) is 2. The van der Waals surface area contributed by atoms with Crippen molar-refractivity contribution in [2.24, 2.45) is 0 Å². The molecule has 0 aromatic heterocycles.